The molecule has 1 fully saturated rings. The van der Waals surface area contributed by atoms with Gasteiger partial charge in [0, 0.05) is 29.7 Å². The Morgan fingerprint density at radius 2 is 2.05 bits per heavy atom. The first-order valence-corrected chi connectivity index (χ1v) is 8.17. The van der Waals surface area contributed by atoms with Crippen molar-refractivity contribution >= 4 is 22.0 Å². The van der Waals surface area contributed by atoms with Gasteiger partial charge in [0.25, 0.3) is 0 Å². The Hall–Kier alpha value is -1.11. The van der Waals surface area contributed by atoms with Crippen molar-refractivity contribution in [2.45, 2.75) is 26.7 Å². The zero-order valence-electron chi connectivity index (χ0n) is 12.8. The number of halogens is 2. The lowest BCUT2D eigenvalue weighted by Crippen LogP contribution is -2.40. The average Bonchev–Trinajstić information content (AvgIpc) is 2.43. The van der Waals surface area contributed by atoms with Gasteiger partial charge >= 0.3 is 0 Å². The van der Waals surface area contributed by atoms with Crippen molar-refractivity contribution in [3.8, 4) is 12.3 Å². The Bertz CT molecular complexity index is 508. The summed E-state index contributed by atoms with van der Waals surface area (Å²) in [7, 11) is 0. The maximum Gasteiger partial charge on any atom is 0.0906 e. The molecule has 114 valence electrons. The summed E-state index contributed by atoms with van der Waals surface area (Å²) < 4.78 is 13.0. The molecular weight excluding hydrogens is 329 g/mol. The quantitative estimate of drug-likeness (QED) is 0.697. The number of benzene rings is 1. The molecule has 1 aromatic rings. The van der Waals surface area contributed by atoms with E-state index in [1.807, 2.05) is 18.2 Å². The molecule has 1 nitrogen and oxygen atoms in total. The second-order valence-corrected chi connectivity index (χ2v) is 6.00. The van der Waals surface area contributed by atoms with Crippen LogP contribution in [0, 0.1) is 12.3 Å². The third kappa shape index (κ3) is 6.03. The van der Waals surface area contributed by atoms with Crippen molar-refractivity contribution in [2.24, 2.45) is 0 Å². The summed E-state index contributed by atoms with van der Waals surface area (Å²) in [6.07, 6.45) is 9.48. The highest BCUT2D eigenvalue weighted by Crippen LogP contribution is 2.22. The molecule has 21 heavy (non-hydrogen) atoms. The highest BCUT2D eigenvalue weighted by atomic mass is 79.9. The summed E-state index contributed by atoms with van der Waals surface area (Å²) in [5.41, 5.74) is 3.38. The lowest BCUT2D eigenvalue weighted by molar-refractivity contribution is 0.239. The van der Waals surface area contributed by atoms with Crippen molar-refractivity contribution in [2.75, 3.05) is 26.3 Å². The zero-order chi connectivity index (χ0) is 15.7. The highest BCUT2D eigenvalue weighted by molar-refractivity contribution is 9.10. The van der Waals surface area contributed by atoms with Gasteiger partial charge in [-0.3, -0.25) is 9.29 Å². The van der Waals surface area contributed by atoms with Gasteiger partial charge in [-0.15, -0.1) is 6.42 Å². The molecule has 0 radical (unpaired) electrons. The van der Waals surface area contributed by atoms with Gasteiger partial charge in [-0.25, -0.2) is 0 Å². The van der Waals surface area contributed by atoms with Gasteiger partial charge in [0.15, 0.2) is 0 Å². The molecule has 1 aliphatic rings. The molecular formula is C18H23BrFN. The van der Waals surface area contributed by atoms with Gasteiger partial charge < -0.3 is 0 Å². The topological polar surface area (TPSA) is 3.24 Å². The molecule has 0 N–H and O–H groups in total. The second kappa shape index (κ2) is 9.76. The molecule has 0 aliphatic carbocycles. The minimum absolute atomic E-state index is 0.228. The van der Waals surface area contributed by atoms with Crippen molar-refractivity contribution in [1.29, 1.82) is 0 Å². The first-order chi connectivity index (χ1) is 10.1. The molecule has 1 aliphatic heterocycles. The van der Waals surface area contributed by atoms with Crippen LogP contribution in [0.25, 0.3) is 6.08 Å². The van der Waals surface area contributed by atoms with Gasteiger partial charge in [0.1, 0.15) is 0 Å². The summed E-state index contributed by atoms with van der Waals surface area (Å²) in [6.45, 7) is 6.76. The summed E-state index contributed by atoms with van der Waals surface area (Å²) in [5, 5.41) is 0. The van der Waals surface area contributed by atoms with E-state index in [9.17, 15) is 4.39 Å². The van der Waals surface area contributed by atoms with Crippen LogP contribution in [-0.4, -0.2) is 31.2 Å². The third-order valence-corrected chi connectivity index (χ3v) is 3.67. The number of alkyl halides is 1. The van der Waals surface area contributed by atoms with E-state index in [0.717, 1.165) is 35.2 Å². The molecule has 1 aromatic carbocycles. The molecule has 2 rings (SSSR count). The maximum absolute atomic E-state index is 12.0. The Labute approximate surface area is 136 Å². The van der Waals surface area contributed by atoms with Crippen LogP contribution in [0.2, 0.25) is 0 Å². The fourth-order valence-corrected chi connectivity index (χ4v) is 2.40. The highest BCUT2D eigenvalue weighted by Gasteiger charge is 2.18. The Kier molecular flexibility index (Phi) is 8.34. The number of hydrogen-bond donors (Lipinski definition) is 0. The maximum atomic E-state index is 12.0. The number of terminal acetylenes is 1. The molecule has 0 atom stereocenters. The molecule has 0 bridgehead atoms. The smallest absolute Gasteiger partial charge is 0.0906 e. The summed E-state index contributed by atoms with van der Waals surface area (Å²) in [6, 6.07) is 6.02. The molecule has 1 saturated heterocycles. The van der Waals surface area contributed by atoms with Crippen molar-refractivity contribution < 1.29 is 4.39 Å². The van der Waals surface area contributed by atoms with Gasteiger partial charge in [0.05, 0.1) is 6.67 Å². The predicted octanol–water partition coefficient (Wildman–Crippen LogP) is 4.91. The normalized spacial score (nSPS) is 13.8. The van der Waals surface area contributed by atoms with Crippen molar-refractivity contribution in [3.63, 3.8) is 0 Å². The number of likely N-dealkylation sites (tertiary alicyclic amines) is 1. The summed E-state index contributed by atoms with van der Waals surface area (Å²) >= 11 is 3.42. The standard InChI is InChI=1S/C15H15BrFN.C3H8/c1-2-14-9-12(4-5-15(14)16)8-13-10-18(11-13)7-3-6-17;1-3-2/h1,4-5,8-9H,3,6-7,10-11H2;3H2,1-2H3. The minimum Gasteiger partial charge on any atom is -0.295 e. The molecule has 0 saturated carbocycles. The molecule has 3 heteroatoms. The van der Waals surface area contributed by atoms with Crippen LogP contribution in [0.1, 0.15) is 37.8 Å². The third-order valence-electron chi connectivity index (χ3n) is 2.98. The summed E-state index contributed by atoms with van der Waals surface area (Å²) in [5.74, 6) is 2.65. The van der Waals surface area contributed by atoms with Crippen LogP contribution in [0.15, 0.2) is 28.2 Å². The van der Waals surface area contributed by atoms with Crippen LogP contribution < -0.4 is 0 Å². The van der Waals surface area contributed by atoms with Crippen LogP contribution in [0.3, 0.4) is 0 Å². The Morgan fingerprint density at radius 1 is 1.38 bits per heavy atom. The molecule has 0 amide bonds. The Balaban J connectivity index is 0.000000677. The lowest BCUT2D eigenvalue weighted by atomic mass is 10.0. The van der Waals surface area contributed by atoms with Crippen molar-refractivity contribution in [1.82, 2.24) is 4.90 Å². The molecule has 0 unspecified atom stereocenters. The van der Waals surface area contributed by atoms with Crippen LogP contribution in [0.5, 0.6) is 0 Å². The van der Waals surface area contributed by atoms with E-state index < -0.39 is 0 Å². The van der Waals surface area contributed by atoms with Crippen LogP contribution in [-0.2, 0) is 0 Å². The lowest BCUT2D eigenvalue weighted by Gasteiger charge is -2.33. The van der Waals surface area contributed by atoms with Gasteiger partial charge in [-0.1, -0.05) is 38.3 Å². The number of rotatable bonds is 4. The minimum atomic E-state index is -0.228. The van der Waals surface area contributed by atoms with E-state index >= 15 is 0 Å². The second-order valence-electron chi connectivity index (χ2n) is 5.15. The first kappa shape index (κ1) is 17.9. The number of nitrogens with zero attached hydrogens (tertiary/aromatic N) is 1. The van der Waals surface area contributed by atoms with E-state index in [-0.39, 0.29) is 6.67 Å². The largest absolute Gasteiger partial charge is 0.295 e. The fraction of sp³-hybridized carbons (Fsp3) is 0.444. The van der Waals surface area contributed by atoms with Crippen LogP contribution >= 0.6 is 15.9 Å². The van der Waals surface area contributed by atoms with Crippen LogP contribution in [0.4, 0.5) is 4.39 Å². The van der Waals surface area contributed by atoms with E-state index in [1.54, 1.807) is 0 Å². The van der Waals surface area contributed by atoms with E-state index in [4.69, 9.17) is 6.42 Å². The number of hydrogen-bond acceptors (Lipinski definition) is 1. The van der Waals surface area contributed by atoms with E-state index in [2.05, 4.69) is 46.7 Å². The zero-order valence-corrected chi connectivity index (χ0v) is 14.4. The summed E-state index contributed by atoms with van der Waals surface area (Å²) in [4.78, 5) is 2.24. The van der Waals surface area contributed by atoms with Gasteiger partial charge in [-0.2, -0.15) is 0 Å². The SMILES string of the molecule is C#Cc1cc(C=C2CN(CCCF)C2)ccc1Br.CCC. The predicted molar refractivity (Wildman–Crippen MR) is 93.1 cm³/mol. The molecule has 1 heterocycles. The molecule has 0 aromatic heterocycles. The van der Waals surface area contributed by atoms with Crippen molar-refractivity contribution in [3.05, 3.63) is 39.4 Å². The van der Waals surface area contributed by atoms with E-state index in [1.165, 1.54) is 12.0 Å². The monoisotopic (exact) mass is 351 g/mol. The van der Waals surface area contributed by atoms with E-state index in [0.29, 0.717) is 6.42 Å². The van der Waals surface area contributed by atoms with Gasteiger partial charge in [-0.05, 0) is 45.6 Å². The Morgan fingerprint density at radius 3 is 2.62 bits per heavy atom. The first-order valence-electron chi connectivity index (χ1n) is 7.38. The molecule has 0 spiro atoms. The average molecular weight is 352 g/mol. The van der Waals surface area contributed by atoms with Gasteiger partial charge in [0.2, 0.25) is 0 Å². The fourth-order valence-electron chi connectivity index (χ4n) is 2.04.